The summed E-state index contributed by atoms with van der Waals surface area (Å²) in [6.07, 6.45) is 4.24. The van der Waals surface area contributed by atoms with Crippen LogP contribution in [0, 0.1) is 5.92 Å². The molecule has 0 aliphatic carbocycles. The first kappa shape index (κ1) is 13.8. The average molecular weight is 299 g/mol. The van der Waals surface area contributed by atoms with Crippen LogP contribution in [0.1, 0.15) is 25.3 Å². The third-order valence-corrected chi connectivity index (χ3v) is 5.27. The molecular formula is C17H21N3O2. The van der Waals surface area contributed by atoms with Crippen LogP contribution in [0.4, 0.5) is 0 Å². The van der Waals surface area contributed by atoms with E-state index in [0.717, 1.165) is 16.7 Å². The van der Waals surface area contributed by atoms with Gasteiger partial charge in [0, 0.05) is 12.1 Å². The fourth-order valence-corrected chi connectivity index (χ4v) is 3.98. The van der Waals surface area contributed by atoms with Crippen molar-refractivity contribution in [2.75, 3.05) is 13.1 Å². The van der Waals surface area contributed by atoms with Crippen LogP contribution in [-0.4, -0.2) is 41.0 Å². The number of fused-ring (bicyclic) bond motifs is 4. The Kier molecular flexibility index (Phi) is 3.37. The molecule has 5 heteroatoms. The molecule has 5 nitrogen and oxygen atoms in total. The molecule has 5 rings (SSSR count). The summed E-state index contributed by atoms with van der Waals surface area (Å²) in [7, 11) is 0. The van der Waals surface area contributed by atoms with Gasteiger partial charge in [0.05, 0.1) is 6.42 Å². The number of hydrogen-bond acceptors (Lipinski definition) is 4. The number of oxazole rings is 1. The molecule has 1 N–H and O–H groups in total. The van der Waals surface area contributed by atoms with E-state index in [1.807, 2.05) is 18.2 Å². The predicted octanol–water partition coefficient (Wildman–Crippen LogP) is 1.97. The first-order valence-electron chi connectivity index (χ1n) is 8.06. The zero-order chi connectivity index (χ0) is 15.1. The summed E-state index contributed by atoms with van der Waals surface area (Å²) in [5, 5.41) is 3.26. The van der Waals surface area contributed by atoms with Crippen LogP contribution >= 0.6 is 0 Å². The molecule has 2 aromatic rings. The van der Waals surface area contributed by atoms with Crippen molar-refractivity contribution in [3.05, 3.63) is 30.2 Å². The highest BCUT2D eigenvalue weighted by Gasteiger charge is 2.40. The number of benzene rings is 1. The number of amides is 1. The Bertz CT molecular complexity index is 686. The number of nitrogens with zero attached hydrogens (tertiary/aromatic N) is 2. The molecule has 3 saturated heterocycles. The van der Waals surface area contributed by atoms with Gasteiger partial charge in [0.15, 0.2) is 12.0 Å². The van der Waals surface area contributed by atoms with Gasteiger partial charge < -0.3 is 9.73 Å². The van der Waals surface area contributed by atoms with E-state index in [9.17, 15) is 4.79 Å². The molecule has 1 aromatic heterocycles. The lowest BCUT2D eigenvalue weighted by Gasteiger charge is -2.50. The summed E-state index contributed by atoms with van der Waals surface area (Å²) in [4.78, 5) is 19.0. The van der Waals surface area contributed by atoms with E-state index in [0.29, 0.717) is 24.4 Å². The largest absolute Gasteiger partial charge is 0.443 e. The van der Waals surface area contributed by atoms with Crippen molar-refractivity contribution in [3.63, 3.8) is 0 Å². The maximum absolute atomic E-state index is 12.4. The van der Waals surface area contributed by atoms with E-state index < -0.39 is 0 Å². The lowest BCUT2D eigenvalue weighted by molar-refractivity contribution is -0.123. The molecule has 22 heavy (non-hydrogen) atoms. The van der Waals surface area contributed by atoms with Gasteiger partial charge >= 0.3 is 0 Å². The summed E-state index contributed by atoms with van der Waals surface area (Å²) >= 11 is 0. The average Bonchev–Trinajstić information content (AvgIpc) is 2.99. The monoisotopic (exact) mass is 299 g/mol. The summed E-state index contributed by atoms with van der Waals surface area (Å²) in [5.41, 5.74) is 2.53. The van der Waals surface area contributed by atoms with Crippen LogP contribution in [0.5, 0.6) is 0 Å². The van der Waals surface area contributed by atoms with Crippen molar-refractivity contribution in [3.8, 4) is 0 Å². The lowest BCUT2D eigenvalue weighted by Crippen LogP contribution is -2.62. The number of aromatic nitrogens is 1. The first-order chi connectivity index (χ1) is 10.7. The third-order valence-electron chi connectivity index (χ3n) is 5.27. The van der Waals surface area contributed by atoms with Crippen LogP contribution < -0.4 is 5.32 Å². The maximum Gasteiger partial charge on any atom is 0.224 e. The zero-order valence-corrected chi connectivity index (χ0v) is 12.8. The summed E-state index contributed by atoms with van der Waals surface area (Å²) in [5.74, 6) is 0.741. The van der Waals surface area contributed by atoms with E-state index >= 15 is 0 Å². The first-order valence-corrected chi connectivity index (χ1v) is 8.06. The Morgan fingerprint density at radius 3 is 3.00 bits per heavy atom. The standard InChI is InChI=1S/C17H21N3O2/c1-11-17(13-4-6-20(11)7-5-13)19-16(21)9-12-2-3-14-15(8-12)22-10-18-14/h2-3,8,10-11,13,17H,4-7,9H2,1H3,(H,19,21)/t11-,17+/m1/s1. The van der Waals surface area contributed by atoms with E-state index in [2.05, 4.69) is 22.1 Å². The van der Waals surface area contributed by atoms with Crippen LogP contribution in [0.25, 0.3) is 11.1 Å². The summed E-state index contributed by atoms with van der Waals surface area (Å²) < 4.78 is 5.30. The fraction of sp³-hybridized carbons (Fsp3) is 0.529. The predicted molar refractivity (Wildman–Crippen MR) is 83.4 cm³/mol. The second-order valence-corrected chi connectivity index (χ2v) is 6.54. The Hall–Kier alpha value is -1.88. The van der Waals surface area contributed by atoms with Gasteiger partial charge in [0.1, 0.15) is 5.52 Å². The number of carbonyl (C=O) groups excluding carboxylic acids is 1. The van der Waals surface area contributed by atoms with E-state index in [-0.39, 0.29) is 5.91 Å². The molecule has 3 aliphatic heterocycles. The number of nitrogens with one attached hydrogen (secondary N) is 1. The number of piperidine rings is 3. The molecule has 1 aromatic carbocycles. The maximum atomic E-state index is 12.4. The molecule has 0 saturated carbocycles. The molecule has 2 bridgehead atoms. The number of carbonyl (C=O) groups is 1. The van der Waals surface area contributed by atoms with Crippen LogP contribution in [0.2, 0.25) is 0 Å². The molecule has 4 heterocycles. The summed E-state index contributed by atoms with van der Waals surface area (Å²) in [6.45, 7) is 4.59. The fourth-order valence-electron chi connectivity index (χ4n) is 3.98. The highest BCUT2D eigenvalue weighted by atomic mass is 16.3. The van der Waals surface area contributed by atoms with E-state index in [4.69, 9.17) is 4.42 Å². The quantitative estimate of drug-likeness (QED) is 0.941. The Balaban J connectivity index is 1.43. The van der Waals surface area contributed by atoms with Gasteiger partial charge in [-0.2, -0.15) is 0 Å². The van der Waals surface area contributed by atoms with Gasteiger partial charge in [-0.1, -0.05) is 6.07 Å². The molecular weight excluding hydrogens is 278 g/mol. The topological polar surface area (TPSA) is 58.4 Å². The van der Waals surface area contributed by atoms with Crippen molar-refractivity contribution in [2.45, 2.75) is 38.3 Å². The van der Waals surface area contributed by atoms with Crippen LogP contribution in [0.3, 0.4) is 0 Å². The second kappa shape index (κ2) is 5.39. The third kappa shape index (κ3) is 2.39. The molecule has 0 unspecified atom stereocenters. The van der Waals surface area contributed by atoms with Gasteiger partial charge in [-0.15, -0.1) is 0 Å². The molecule has 1 amide bonds. The van der Waals surface area contributed by atoms with Crippen LogP contribution in [-0.2, 0) is 11.2 Å². The van der Waals surface area contributed by atoms with E-state index in [1.165, 1.54) is 32.3 Å². The Labute approximate surface area is 129 Å². The molecule has 116 valence electrons. The molecule has 0 spiro atoms. The normalized spacial score (nSPS) is 30.6. The van der Waals surface area contributed by atoms with Crippen molar-refractivity contribution in [1.82, 2.24) is 15.2 Å². The van der Waals surface area contributed by atoms with Crippen molar-refractivity contribution >= 4 is 17.0 Å². The SMILES string of the molecule is C[C@@H]1[C@H](NC(=O)Cc2ccc3ncoc3c2)C2CCN1CC2. The highest BCUT2D eigenvalue weighted by molar-refractivity contribution is 5.81. The Morgan fingerprint density at radius 2 is 2.23 bits per heavy atom. The van der Waals surface area contributed by atoms with Crippen molar-refractivity contribution in [2.24, 2.45) is 5.92 Å². The Morgan fingerprint density at radius 1 is 1.41 bits per heavy atom. The van der Waals surface area contributed by atoms with Crippen molar-refractivity contribution in [1.29, 1.82) is 0 Å². The smallest absolute Gasteiger partial charge is 0.224 e. The van der Waals surface area contributed by atoms with Crippen molar-refractivity contribution < 1.29 is 9.21 Å². The summed E-state index contributed by atoms with van der Waals surface area (Å²) in [6, 6.07) is 6.50. The van der Waals surface area contributed by atoms with Gasteiger partial charge in [-0.3, -0.25) is 9.69 Å². The number of rotatable bonds is 3. The minimum absolute atomic E-state index is 0.101. The molecule has 3 fully saturated rings. The van der Waals surface area contributed by atoms with Gasteiger partial charge in [0.2, 0.25) is 5.91 Å². The molecule has 2 atom stereocenters. The molecule has 3 aliphatic rings. The van der Waals surface area contributed by atoms with Crippen LogP contribution in [0.15, 0.2) is 29.0 Å². The number of hydrogen-bond donors (Lipinski definition) is 1. The highest BCUT2D eigenvalue weighted by Crippen LogP contribution is 2.32. The van der Waals surface area contributed by atoms with Gasteiger partial charge in [0.25, 0.3) is 0 Å². The second-order valence-electron chi connectivity index (χ2n) is 6.54. The molecule has 0 radical (unpaired) electrons. The lowest BCUT2D eigenvalue weighted by atomic mass is 9.79. The van der Waals surface area contributed by atoms with E-state index in [1.54, 1.807) is 0 Å². The minimum Gasteiger partial charge on any atom is -0.443 e. The van der Waals surface area contributed by atoms with Gasteiger partial charge in [-0.25, -0.2) is 4.98 Å². The minimum atomic E-state index is 0.101. The zero-order valence-electron chi connectivity index (χ0n) is 12.8. The van der Waals surface area contributed by atoms with Gasteiger partial charge in [-0.05, 0) is 56.5 Å².